The molecule has 0 atom stereocenters. The van der Waals surface area contributed by atoms with Gasteiger partial charge in [-0.3, -0.25) is 0 Å². The fourth-order valence-electron chi connectivity index (χ4n) is 8.81. The molecule has 0 aromatic heterocycles. The number of ether oxygens (including phenoxy) is 4. The second kappa shape index (κ2) is 31.0. The van der Waals surface area contributed by atoms with Gasteiger partial charge in [0.25, 0.3) is 0 Å². The van der Waals surface area contributed by atoms with Crippen molar-refractivity contribution in [3.63, 3.8) is 0 Å². The summed E-state index contributed by atoms with van der Waals surface area (Å²) in [5.74, 6) is -7.78. The van der Waals surface area contributed by atoms with Crippen molar-refractivity contribution in [3.05, 3.63) is 178 Å². The van der Waals surface area contributed by atoms with E-state index < -0.39 is 52.8 Å². The summed E-state index contributed by atoms with van der Waals surface area (Å²) in [4.78, 5) is 51.8. The fourth-order valence-corrected chi connectivity index (χ4v) is 8.81. The van der Waals surface area contributed by atoms with E-state index in [9.17, 15) is 23.6 Å². The van der Waals surface area contributed by atoms with E-state index >= 15 is 8.78 Å². The second-order valence-corrected chi connectivity index (χ2v) is 19.2. The van der Waals surface area contributed by atoms with Crippen molar-refractivity contribution >= 4 is 23.9 Å². The van der Waals surface area contributed by atoms with Crippen LogP contribution in [0.3, 0.4) is 0 Å². The Hall–Kier alpha value is -7.01. The van der Waals surface area contributed by atoms with Gasteiger partial charge in [0, 0.05) is 5.56 Å². The van der Waals surface area contributed by atoms with Crippen LogP contribution < -0.4 is 18.9 Å². The second-order valence-electron chi connectivity index (χ2n) is 19.2. The van der Waals surface area contributed by atoms with Crippen molar-refractivity contribution in [2.75, 3.05) is 0 Å². The number of aryl methyl sites for hydroxylation is 2. The van der Waals surface area contributed by atoms with E-state index in [0.29, 0.717) is 11.1 Å². The normalized spacial score (nSPS) is 11.1. The Morgan fingerprint density at radius 1 is 0.360 bits per heavy atom. The Bertz CT molecular complexity index is 2730. The smallest absolute Gasteiger partial charge is 0.343 e. The van der Waals surface area contributed by atoms with Crippen molar-refractivity contribution in [1.29, 1.82) is 0 Å². The number of halogens is 3. The predicted molar refractivity (Wildman–Crippen MR) is 288 cm³/mol. The van der Waals surface area contributed by atoms with Gasteiger partial charge in [0.15, 0.2) is 23.2 Å². The number of carbonyl (C=O) groups is 4. The topological polar surface area (TPSA) is 105 Å². The highest BCUT2D eigenvalue weighted by Crippen LogP contribution is 2.34. The van der Waals surface area contributed by atoms with E-state index in [2.05, 4.69) is 13.8 Å². The minimum Gasteiger partial charge on any atom is -0.423 e. The van der Waals surface area contributed by atoms with E-state index in [0.717, 1.165) is 61.1 Å². The summed E-state index contributed by atoms with van der Waals surface area (Å²) in [7, 11) is 0. The van der Waals surface area contributed by atoms with Gasteiger partial charge in [-0.15, -0.1) is 0 Å². The SMILES string of the molecule is CCCCCCCCCCCCc1ccc(C(=O)Oc2ccc(C(=O)Oc3ccc(-c4ccc(F)c(OC(=O)c5ccc(OC(=O)c6ccc(CCCCCCCCCCCC)cc6)cc5)c4F)cc3F)cc2)cc1. The summed E-state index contributed by atoms with van der Waals surface area (Å²) < 4.78 is 67.6. The van der Waals surface area contributed by atoms with Crippen LogP contribution in [0.2, 0.25) is 0 Å². The minimum absolute atomic E-state index is 0.0385. The lowest BCUT2D eigenvalue weighted by Crippen LogP contribution is -2.12. The fraction of sp³-hybridized carbons (Fsp3) is 0.375. The molecule has 6 rings (SSSR count). The molecule has 0 unspecified atom stereocenters. The quantitative estimate of drug-likeness (QED) is 0.0241. The Morgan fingerprint density at radius 2 is 0.720 bits per heavy atom. The van der Waals surface area contributed by atoms with Crippen molar-refractivity contribution in [2.24, 2.45) is 0 Å². The van der Waals surface area contributed by atoms with Crippen molar-refractivity contribution in [1.82, 2.24) is 0 Å². The maximum atomic E-state index is 15.8. The third kappa shape index (κ3) is 18.7. The molecule has 0 spiro atoms. The van der Waals surface area contributed by atoms with Crippen LogP contribution in [0.1, 0.15) is 195 Å². The van der Waals surface area contributed by atoms with Crippen LogP contribution >= 0.6 is 0 Å². The molecule has 0 amide bonds. The minimum atomic E-state index is -1.27. The van der Waals surface area contributed by atoms with Crippen molar-refractivity contribution in [3.8, 4) is 34.1 Å². The Morgan fingerprint density at radius 3 is 1.12 bits per heavy atom. The van der Waals surface area contributed by atoms with Gasteiger partial charge < -0.3 is 18.9 Å². The van der Waals surface area contributed by atoms with Crippen LogP contribution in [0.5, 0.6) is 23.0 Å². The average Bonchev–Trinajstić information content (AvgIpc) is 3.42. The lowest BCUT2D eigenvalue weighted by Gasteiger charge is -2.12. The number of unbranched alkanes of at least 4 members (excludes halogenated alkanes) is 18. The van der Waals surface area contributed by atoms with Crippen LogP contribution in [-0.4, -0.2) is 23.9 Å². The third-order valence-electron chi connectivity index (χ3n) is 13.3. The Labute approximate surface area is 441 Å². The molecule has 0 aliphatic rings. The van der Waals surface area contributed by atoms with Crippen molar-refractivity contribution in [2.45, 2.75) is 155 Å². The molecule has 75 heavy (non-hydrogen) atoms. The molecule has 8 nitrogen and oxygen atoms in total. The largest absolute Gasteiger partial charge is 0.423 e. The number of benzene rings is 6. The first-order valence-corrected chi connectivity index (χ1v) is 27.1. The Kier molecular flexibility index (Phi) is 23.7. The van der Waals surface area contributed by atoms with E-state index in [1.165, 1.54) is 170 Å². The first kappa shape index (κ1) is 57.3. The van der Waals surface area contributed by atoms with Crippen LogP contribution in [0, 0.1) is 17.5 Å². The Balaban J connectivity index is 0.936. The van der Waals surface area contributed by atoms with Crippen LogP contribution in [0.4, 0.5) is 13.2 Å². The van der Waals surface area contributed by atoms with Crippen molar-refractivity contribution < 1.29 is 51.3 Å². The van der Waals surface area contributed by atoms with Gasteiger partial charge in [-0.2, -0.15) is 0 Å². The number of hydrogen-bond acceptors (Lipinski definition) is 8. The molecule has 0 saturated carbocycles. The average molecular weight is 1030 g/mol. The molecular weight excluding hydrogens is 954 g/mol. The van der Waals surface area contributed by atoms with E-state index in [1.807, 2.05) is 24.3 Å². The van der Waals surface area contributed by atoms with Gasteiger partial charge in [0.2, 0.25) is 5.75 Å². The lowest BCUT2D eigenvalue weighted by atomic mass is 10.0. The van der Waals surface area contributed by atoms with E-state index in [4.69, 9.17) is 18.9 Å². The zero-order valence-corrected chi connectivity index (χ0v) is 43.6. The molecule has 0 saturated heterocycles. The standard InChI is InChI=1S/C64H71F3O8/c1-3-5-7-9-11-13-15-17-19-21-23-46-25-29-48(30-26-46)61(68)72-53-38-33-50(34-39-53)63(70)74-58-44-37-52(45-57(58)66)55-42-43-56(65)60(59(55)67)75-64(71)51-35-40-54(41-36-51)73-62(69)49-31-27-47(28-32-49)24-22-20-18-16-14-12-10-8-6-4-2/h25-45H,3-24H2,1-2H3. The lowest BCUT2D eigenvalue weighted by molar-refractivity contribution is 0.0712. The summed E-state index contributed by atoms with van der Waals surface area (Å²) in [6.07, 6.45) is 27.2. The molecule has 0 N–H and O–H groups in total. The first-order chi connectivity index (χ1) is 36.5. The highest BCUT2D eigenvalue weighted by molar-refractivity contribution is 5.94. The highest BCUT2D eigenvalue weighted by Gasteiger charge is 2.22. The molecule has 0 fully saturated rings. The summed E-state index contributed by atoms with van der Waals surface area (Å²) in [5.41, 5.74) is 2.64. The third-order valence-corrected chi connectivity index (χ3v) is 13.3. The summed E-state index contributed by atoms with van der Waals surface area (Å²) in [6.45, 7) is 4.47. The number of esters is 4. The van der Waals surface area contributed by atoms with E-state index in [1.54, 1.807) is 24.3 Å². The summed E-state index contributed by atoms with van der Waals surface area (Å²) in [6, 6.07) is 30.7. The molecule has 396 valence electrons. The highest BCUT2D eigenvalue weighted by atomic mass is 19.1. The van der Waals surface area contributed by atoms with Gasteiger partial charge in [-0.25, -0.2) is 32.3 Å². The predicted octanol–water partition coefficient (Wildman–Crippen LogP) is 17.6. The number of carbonyl (C=O) groups excluding carboxylic acids is 4. The molecule has 0 heterocycles. The zero-order valence-electron chi connectivity index (χ0n) is 43.6. The molecule has 0 bridgehead atoms. The van der Waals surface area contributed by atoms with E-state index in [-0.39, 0.29) is 33.8 Å². The van der Waals surface area contributed by atoms with Gasteiger partial charge >= 0.3 is 23.9 Å². The molecule has 0 aliphatic heterocycles. The first-order valence-electron chi connectivity index (χ1n) is 27.1. The zero-order chi connectivity index (χ0) is 53.2. The maximum Gasteiger partial charge on any atom is 0.343 e. The van der Waals surface area contributed by atoms with Gasteiger partial charge in [-0.1, -0.05) is 160 Å². The molecule has 6 aromatic rings. The van der Waals surface area contributed by atoms with Gasteiger partial charge in [0.05, 0.1) is 22.3 Å². The summed E-state index contributed by atoms with van der Waals surface area (Å²) in [5, 5.41) is 0. The monoisotopic (exact) mass is 1020 g/mol. The number of rotatable bonds is 31. The van der Waals surface area contributed by atoms with Gasteiger partial charge in [-0.05, 0) is 139 Å². The van der Waals surface area contributed by atoms with Crippen LogP contribution in [0.25, 0.3) is 11.1 Å². The molecule has 6 aromatic carbocycles. The molecular formula is C64H71F3O8. The molecule has 0 radical (unpaired) electrons. The van der Waals surface area contributed by atoms with Gasteiger partial charge in [0.1, 0.15) is 11.5 Å². The number of hydrogen-bond donors (Lipinski definition) is 0. The summed E-state index contributed by atoms with van der Waals surface area (Å²) >= 11 is 0. The molecule has 11 heteroatoms. The maximum absolute atomic E-state index is 15.8. The molecule has 0 aliphatic carbocycles. The van der Waals surface area contributed by atoms with Crippen LogP contribution in [-0.2, 0) is 12.8 Å². The van der Waals surface area contributed by atoms with Crippen LogP contribution in [0.15, 0.2) is 127 Å².